The number of halogens is 1. The summed E-state index contributed by atoms with van der Waals surface area (Å²) in [6.07, 6.45) is 2.47. The van der Waals surface area contributed by atoms with Gasteiger partial charge in [0, 0.05) is 17.0 Å². The van der Waals surface area contributed by atoms with Gasteiger partial charge in [0.15, 0.2) is 0 Å². The summed E-state index contributed by atoms with van der Waals surface area (Å²) in [5.74, 6) is 1.36. The van der Waals surface area contributed by atoms with E-state index in [1.165, 1.54) is 17.3 Å². The molecule has 0 unspecified atom stereocenters. The number of rotatable bonds is 7. The van der Waals surface area contributed by atoms with Crippen LogP contribution >= 0.6 is 35.6 Å². The van der Waals surface area contributed by atoms with Crippen molar-refractivity contribution in [2.45, 2.75) is 20.3 Å². The summed E-state index contributed by atoms with van der Waals surface area (Å²) in [5, 5.41) is 3.17. The van der Waals surface area contributed by atoms with Crippen LogP contribution in [-0.4, -0.2) is 23.4 Å². The highest BCUT2D eigenvalue weighted by molar-refractivity contribution is 8.26. The Morgan fingerprint density at radius 1 is 1.11 bits per heavy atom. The first-order chi connectivity index (χ1) is 13.4. The van der Waals surface area contributed by atoms with Crippen LogP contribution in [0.5, 0.6) is 11.5 Å². The Hall–Kier alpha value is -2.02. The zero-order valence-corrected chi connectivity index (χ0v) is 18.0. The SMILES string of the molecule is Cc1ccc(C)c(OCCCOc2ccc(Cl)cc2C=C2SC(=S)NC2=O)c1. The average molecular weight is 434 g/mol. The fourth-order valence-electron chi connectivity index (χ4n) is 2.61. The molecule has 2 aromatic rings. The summed E-state index contributed by atoms with van der Waals surface area (Å²) in [7, 11) is 0. The third-order valence-electron chi connectivity index (χ3n) is 4.05. The molecule has 1 N–H and O–H groups in total. The lowest BCUT2D eigenvalue weighted by atomic mass is 10.1. The number of ether oxygens (including phenoxy) is 2. The maximum atomic E-state index is 11.9. The molecule has 7 heteroatoms. The normalized spacial score (nSPS) is 15.0. The predicted octanol–water partition coefficient (Wildman–Crippen LogP) is 5.29. The molecule has 0 radical (unpaired) electrons. The standard InChI is InChI=1S/C21H20ClNO3S2/c1-13-4-5-14(2)18(10-13)26-9-3-8-25-17-7-6-16(22)11-15(17)12-19-20(24)23-21(27)28-19/h4-7,10-12H,3,8-9H2,1-2H3,(H,23,24,27). The second kappa shape index (κ2) is 9.45. The lowest BCUT2D eigenvalue weighted by Gasteiger charge is -2.12. The fraction of sp³-hybridized carbons (Fsp3) is 0.238. The molecule has 146 valence electrons. The lowest BCUT2D eigenvalue weighted by molar-refractivity contribution is -0.115. The van der Waals surface area contributed by atoms with Gasteiger partial charge >= 0.3 is 0 Å². The van der Waals surface area contributed by atoms with Gasteiger partial charge in [-0.25, -0.2) is 0 Å². The van der Waals surface area contributed by atoms with Crippen molar-refractivity contribution in [2.75, 3.05) is 13.2 Å². The van der Waals surface area contributed by atoms with Gasteiger partial charge in [-0.05, 0) is 55.3 Å². The van der Waals surface area contributed by atoms with Crippen LogP contribution in [0.15, 0.2) is 41.3 Å². The maximum absolute atomic E-state index is 11.9. The Bertz CT molecular complexity index is 943. The molecule has 0 aliphatic carbocycles. The van der Waals surface area contributed by atoms with Gasteiger partial charge in [-0.2, -0.15) is 0 Å². The number of carbonyl (C=O) groups excluding carboxylic acids is 1. The van der Waals surface area contributed by atoms with Crippen LogP contribution in [0.1, 0.15) is 23.1 Å². The minimum atomic E-state index is -0.206. The first-order valence-electron chi connectivity index (χ1n) is 8.79. The first-order valence-corrected chi connectivity index (χ1v) is 10.4. The van der Waals surface area contributed by atoms with Crippen LogP contribution in [0.4, 0.5) is 0 Å². The quantitative estimate of drug-likeness (QED) is 0.365. The third kappa shape index (κ3) is 5.50. The molecule has 28 heavy (non-hydrogen) atoms. The van der Waals surface area contributed by atoms with E-state index in [2.05, 4.69) is 17.4 Å². The second-order valence-electron chi connectivity index (χ2n) is 6.35. The lowest BCUT2D eigenvalue weighted by Crippen LogP contribution is -2.17. The Labute approximate surface area is 179 Å². The number of aryl methyl sites for hydroxylation is 2. The van der Waals surface area contributed by atoms with Crippen molar-refractivity contribution in [1.82, 2.24) is 5.32 Å². The van der Waals surface area contributed by atoms with Crippen LogP contribution in [-0.2, 0) is 4.79 Å². The summed E-state index contributed by atoms with van der Waals surface area (Å²) in [5.41, 5.74) is 3.03. The molecular formula is C21H20ClNO3S2. The van der Waals surface area contributed by atoms with Gasteiger partial charge in [-0.15, -0.1) is 0 Å². The summed E-state index contributed by atoms with van der Waals surface area (Å²) >= 11 is 12.4. The molecule has 1 saturated heterocycles. The van der Waals surface area contributed by atoms with Crippen molar-refractivity contribution in [3.8, 4) is 11.5 Å². The van der Waals surface area contributed by atoms with E-state index in [0.29, 0.717) is 33.2 Å². The van der Waals surface area contributed by atoms with Crippen molar-refractivity contribution in [3.63, 3.8) is 0 Å². The number of hydrogen-bond acceptors (Lipinski definition) is 5. The van der Waals surface area contributed by atoms with E-state index in [-0.39, 0.29) is 5.91 Å². The van der Waals surface area contributed by atoms with E-state index >= 15 is 0 Å². The van der Waals surface area contributed by atoms with Crippen molar-refractivity contribution < 1.29 is 14.3 Å². The zero-order chi connectivity index (χ0) is 20.1. The molecule has 1 amide bonds. The first kappa shape index (κ1) is 20.7. The molecule has 3 rings (SSSR count). The third-order valence-corrected chi connectivity index (χ3v) is 5.45. The number of benzene rings is 2. The number of hydrogen-bond donors (Lipinski definition) is 1. The molecule has 0 spiro atoms. The van der Waals surface area contributed by atoms with E-state index in [0.717, 1.165) is 23.3 Å². The molecule has 0 aromatic heterocycles. The van der Waals surface area contributed by atoms with Crippen molar-refractivity contribution in [2.24, 2.45) is 0 Å². The van der Waals surface area contributed by atoms with Gasteiger partial charge in [-0.1, -0.05) is 47.7 Å². The molecule has 0 saturated carbocycles. The highest BCUT2D eigenvalue weighted by Gasteiger charge is 2.22. The summed E-state index contributed by atoms with van der Waals surface area (Å²) in [6.45, 7) is 5.12. The van der Waals surface area contributed by atoms with Gasteiger partial charge in [0.1, 0.15) is 15.8 Å². The molecule has 0 bridgehead atoms. The van der Waals surface area contributed by atoms with E-state index in [9.17, 15) is 4.79 Å². The minimum Gasteiger partial charge on any atom is -0.493 e. The molecular weight excluding hydrogens is 414 g/mol. The Morgan fingerprint density at radius 2 is 1.86 bits per heavy atom. The smallest absolute Gasteiger partial charge is 0.263 e. The van der Waals surface area contributed by atoms with Crippen LogP contribution in [0.25, 0.3) is 6.08 Å². The van der Waals surface area contributed by atoms with Gasteiger partial charge < -0.3 is 14.8 Å². The van der Waals surface area contributed by atoms with E-state index in [1.54, 1.807) is 24.3 Å². The number of amides is 1. The molecule has 4 nitrogen and oxygen atoms in total. The van der Waals surface area contributed by atoms with E-state index in [1.807, 2.05) is 19.9 Å². The van der Waals surface area contributed by atoms with Crippen LogP contribution in [0.3, 0.4) is 0 Å². The van der Waals surface area contributed by atoms with Crippen molar-refractivity contribution >= 4 is 51.9 Å². The molecule has 2 aromatic carbocycles. The molecule has 1 fully saturated rings. The van der Waals surface area contributed by atoms with Gasteiger partial charge in [-0.3, -0.25) is 4.79 Å². The average Bonchev–Trinajstić information content (AvgIpc) is 2.96. The summed E-state index contributed by atoms with van der Waals surface area (Å²) < 4.78 is 12.2. The molecule has 1 aliphatic rings. The zero-order valence-electron chi connectivity index (χ0n) is 15.6. The minimum absolute atomic E-state index is 0.206. The predicted molar refractivity (Wildman–Crippen MR) is 119 cm³/mol. The van der Waals surface area contributed by atoms with Gasteiger partial charge in [0.25, 0.3) is 5.91 Å². The van der Waals surface area contributed by atoms with E-state index < -0.39 is 0 Å². The van der Waals surface area contributed by atoms with Crippen molar-refractivity contribution in [3.05, 3.63) is 63.0 Å². The monoisotopic (exact) mass is 433 g/mol. The maximum Gasteiger partial charge on any atom is 0.263 e. The molecule has 0 atom stereocenters. The molecule has 1 heterocycles. The number of thioether (sulfide) groups is 1. The van der Waals surface area contributed by atoms with Gasteiger partial charge in [0.05, 0.1) is 18.1 Å². The largest absolute Gasteiger partial charge is 0.493 e. The number of nitrogens with one attached hydrogen (secondary N) is 1. The number of thiocarbonyl (C=S) groups is 1. The Balaban J connectivity index is 1.59. The summed E-state index contributed by atoms with van der Waals surface area (Å²) in [4.78, 5) is 12.4. The van der Waals surface area contributed by atoms with Crippen LogP contribution in [0.2, 0.25) is 5.02 Å². The highest BCUT2D eigenvalue weighted by Crippen LogP contribution is 2.31. The van der Waals surface area contributed by atoms with Gasteiger partial charge in [0.2, 0.25) is 0 Å². The second-order valence-corrected chi connectivity index (χ2v) is 8.51. The number of carbonyl (C=O) groups is 1. The van der Waals surface area contributed by atoms with Crippen LogP contribution < -0.4 is 14.8 Å². The van der Waals surface area contributed by atoms with Crippen molar-refractivity contribution in [1.29, 1.82) is 0 Å². The van der Waals surface area contributed by atoms with E-state index in [4.69, 9.17) is 33.3 Å². The topological polar surface area (TPSA) is 47.6 Å². The van der Waals surface area contributed by atoms with Crippen LogP contribution in [0, 0.1) is 13.8 Å². The fourth-order valence-corrected chi connectivity index (χ4v) is 3.83. The molecule has 1 aliphatic heterocycles. The summed E-state index contributed by atoms with van der Waals surface area (Å²) in [6, 6.07) is 11.5. The Kier molecular flexibility index (Phi) is 6.99. The Morgan fingerprint density at radius 3 is 2.57 bits per heavy atom. The highest BCUT2D eigenvalue weighted by atomic mass is 35.5.